The number of hydrogen-bond donors (Lipinski definition) is 1. The van der Waals surface area contributed by atoms with Crippen LogP contribution < -0.4 is 0 Å². The minimum atomic E-state index is 1.05. The molecule has 120 valence electrons. The molecule has 0 spiro atoms. The van der Waals surface area contributed by atoms with Crippen molar-refractivity contribution in [3.05, 3.63) is 65.0 Å². The summed E-state index contributed by atoms with van der Waals surface area (Å²) in [5.74, 6) is 1.13. The predicted octanol–water partition coefficient (Wildman–Crippen LogP) is 5.53. The maximum absolute atomic E-state index is 4.72. The number of benzene rings is 2. The number of nitrogens with zero attached hydrogens (tertiary/aromatic N) is 1. The van der Waals surface area contributed by atoms with Gasteiger partial charge in [-0.25, -0.2) is 4.98 Å². The van der Waals surface area contributed by atoms with E-state index >= 15 is 0 Å². The van der Waals surface area contributed by atoms with Gasteiger partial charge in [0.1, 0.15) is 5.82 Å². The van der Waals surface area contributed by atoms with E-state index in [0.717, 1.165) is 17.8 Å². The fourth-order valence-electron chi connectivity index (χ4n) is 3.06. The molecule has 0 aliphatic heterocycles. The highest BCUT2D eigenvalue weighted by molar-refractivity contribution is 5.77. The molecule has 3 aromatic rings. The van der Waals surface area contributed by atoms with Crippen LogP contribution in [0.25, 0.3) is 11.0 Å². The average Bonchev–Trinajstić information content (AvgIpc) is 2.94. The van der Waals surface area contributed by atoms with Gasteiger partial charge in [-0.1, -0.05) is 43.2 Å². The molecule has 2 aromatic carbocycles. The van der Waals surface area contributed by atoms with Crippen molar-refractivity contribution in [2.24, 2.45) is 0 Å². The molecule has 23 heavy (non-hydrogen) atoms. The van der Waals surface area contributed by atoms with Crippen LogP contribution in [0.1, 0.15) is 48.2 Å². The summed E-state index contributed by atoms with van der Waals surface area (Å²) in [6.45, 7) is 4.30. The lowest BCUT2D eigenvalue weighted by atomic mass is 10.1. The maximum atomic E-state index is 4.72. The van der Waals surface area contributed by atoms with E-state index in [-0.39, 0.29) is 0 Å². The van der Waals surface area contributed by atoms with Crippen molar-refractivity contribution in [1.29, 1.82) is 0 Å². The Kier molecular flexibility index (Phi) is 5.12. The summed E-state index contributed by atoms with van der Waals surface area (Å²) in [4.78, 5) is 8.19. The second-order valence-corrected chi connectivity index (χ2v) is 6.54. The quantitative estimate of drug-likeness (QED) is 0.572. The smallest absolute Gasteiger partial charge is 0.107 e. The molecular formula is C21H26N2. The Balaban J connectivity index is 1.42. The van der Waals surface area contributed by atoms with E-state index in [1.54, 1.807) is 0 Å². The summed E-state index contributed by atoms with van der Waals surface area (Å²) in [6.07, 6.45) is 7.33. The van der Waals surface area contributed by atoms with Gasteiger partial charge < -0.3 is 4.98 Å². The van der Waals surface area contributed by atoms with Gasteiger partial charge in [-0.3, -0.25) is 0 Å². The van der Waals surface area contributed by atoms with Crippen molar-refractivity contribution >= 4 is 11.0 Å². The van der Waals surface area contributed by atoms with Gasteiger partial charge in [-0.05, 0) is 61.9 Å². The van der Waals surface area contributed by atoms with E-state index in [2.05, 4.69) is 61.3 Å². The first kappa shape index (κ1) is 15.8. The van der Waals surface area contributed by atoms with Crippen LogP contribution in [0.3, 0.4) is 0 Å². The van der Waals surface area contributed by atoms with Gasteiger partial charge in [0.2, 0.25) is 0 Å². The van der Waals surface area contributed by atoms with Crippen LogP contribution in [0.2, 0.25) is 0 Å². The minimum Gasteiger partial charge on any atom is -0.342 e. The minimum absolute atomic E-state index is 1.05. The first-order chi connectivity index (χ1) is 11.2. The fourth-order valence-corrected chi connectivity index (χ4v) is 3.06. The normalized spacial score (nSPS) is 11.2. The first-order valence-corrected chi connectivity index (χ1v) is 8.72. The Bertz CT molecular complexity index is 717. The molecule has 0 fully saturated rings. The number of aromatic nitrogens is 2. The molecule has 0 aliphatic carbocycles. The number of unbranched alkanes of at least 4 members (excludes halogenated alkanes) is 3. The summed E-state index contributed by atoms with van der Waals surface area (Å²) in [5.41, 5.74) is 6.37. The number of nitrogens with one attached hydrogen (secondary N) is 1. The number of aromatic amines is 1. The molecule has 0 amide bonds. The third kappa shape index (κ3) is 4.22. The zero-order chi connectivity index (χ0) is 16.1. The zero-order valence-corrected chi connectivity index (χ0v) is 14.2. The molecule has 1 N–H and O–H groups in total. The molecule has 0 aliphatic rings. The third-order valence-electron chi connectivity index (χ3n) is 4.62. The topological polar surface area (TPSA) is 28.7 Å². The van der Waals surface area contributed by atoms with Crippen molar-refractivity contribution in [3.63, 3.8) is 0 Å². The van der Waals surface area contributed by atoms with Crippen LogP contribution in [0.15, 0.2) is 42.5 Å². The zero-order valence-electron chi connectivity index (χ0n) is 14.2. The molecule has 0 unspecified atom stereocenters. The molecule has 1 aromatic heterocycles. The molecule has 0 atom stereocenters. The summed E-state index contributed by atoms with van der Waals surface area (Å²) in [7, 11) is 0. The Morgan fingerprint density at radius 1 is 0.826 bits per heavy atom. The van der Waals surface area contributed by atoms with Crippen LogP contribution in [0.4, 0.5) is 0 Å². The van der Waals surface area contributed by atoms with Gasteiger partial charge in [-0.2, -0.15) is 0 Å². The van der Waals surface area contributed by atoms with Gasteiger partial charge in [0, 0.05) is 6.42 Å². The van der Waals surface area contributed by atoms with Crippen LogP contribution in [-0.2, 0) is 12.8 Å². The van der Waals surface area contributed by atoms with Gasteiger partial charge in [-0.15, -0.1) is 0 Å². The third-order valence-corrected chi connectivity index (χ3v) is 4.62. The molecule has 2 heteroatoms. The van der Waals surface area contributed by atoms with E-state index in [9.17, 15) is 0 Å². The van der Waals surface area contributed by atoms with E-state index in [1.165, 1.54) is 54.3 Å². The van der Waals surface area contributed by atoms with Crippen LogP contribution in [0.5, 0.6) is 0 Å². The second kappa shape index (κ2) is 7.45. The number of aryl methyl sites for hydroxylation is 4. The van der Waals surface area contributed by atoms with E-state index in [0.29, 0.717) is 0 Å². The summed E-state index contributed by atoms with van der Waals surface area (Å²) in [5, 5.41) is 0. The van der Waals surface area contributed by atoms with Gasteiger partial charge >= 0.3 is 0 Å². The van der Waals surface area contributed by atoms with Crippen molar-refractivity contribution in [2.75, 3.05) is 0 Å². The largest absolute Gasteiger partial charge is 0.342 e. The molecule has 0 saturated heterocycles. The number of fused-ring (bicyclic) bond motifs is 1. The maximum Gasteiger partial charge on any atom is 0.107 e. The molecule has 0 saturated carbocycles. The summed E-state index contributed by atoms with van der Waals surface area (Å²) >= 11 is 0. The predicted molar refractivity (Wildman–Crippen MR) is 97.9 cm³/mol. The molecule has 2 nitrogen and oxygen atoms in total. The lowest BCUT2D eigenvalue weighted by Gasteiger charge is -2.01. The molecule has 0 bridgehead atoms. The van der Waals surface area contributed by atoms with E-state index < -0.39 is 0 Å². The number of rotatable bonds is 7. The molecule has 1 heterocycles. The van der Waals surface area contributed by atoms with Crippen LogP contribution in [-0.4, -0.2) is 9.97 Å². The van der Waals surface area contributed by atoms with Gasteiger partial charge in [0.15, 0.2) is 0 Å². The van der Waals surface area contributed by atoms with Crippen LogP contribution in [0, 0.1) is 13.8 Å². The number of imidazole rings is 1. The number of hydrogen-bond acceptors (Lipinski definition) is 1. The highest BCUT2D eigenvalue weighted by Gasteiger charge is 2.04. The number of H-pyrrole nitrogens is 1. The molecular weight excluding hydrogens is 280 g/mol. The van der Waals surface area contributed by atoms with Gasteiger partial charge in [0.05, 0.1) is 11.0 Å². The Morgan fingerprint density at radius 2 is 1.52 bits per heavy atom. The standard InChI is InChI=1S/C21H26N2/c1-16-14-19-20(15-17(16)2)23-21(22-19)13-9-4-3-6-10-18-11-7-5-8-12-18/h5,7-8,11-12,14-15H,3-4,6,9-10,13H2,1-2H3,(H,22,23). The monoisotopic (exact) mass is 306 g/mol. The average molecular weight is 306 g/mol. The lowest BCUT2D eigenvalue weighted by Crippen LogP contribution is -1.90. The van der Waals surface area contributed by atoms with E-state index in [1.807, 2.05) is 0 Å². The fraction of sp³-hybridized carbons (Fsp3) is 0.381. The Morgan fingerprint density at radius 3 is 2.30 bits per heavy atom. The first-order valence-electron chi connectivity index (χ1n) is 8.72. The Labute approximate surface area is 139 Å². The van der Waals surface area contributed by atoms with Crippen LogP contribution >= 0.6 is 0 Å². The molecule has 3 rings (SSSR count). The van der Waals surface area contributed by atoms with Crippen molar-refractivity contribution in [1.82, 2.24) is 9.97 Å². The summed E-state index contributed by atoms with van der Waals surface area (Å²) < 4.78 is 0. The highest BCUT2D eigenvalue weighted by atomic mass is 14.9. The lowest BCUT2D eigenvalue weighted by molar-refractivity contribution is 0.632. The molecule has 0 radical (unpaired) electrons. The van der Waals surface area contributed by atoms with Crippen molar-refractivity contribution in [3.8, 4) is 0 Å². The van der Waals surface area contributed by atoms with Crippen molar-refractivity contribution < 1.29 is 0 Å². The van der Waals surface area contributed by atoms with Gasteiger partial charge in [0.25, 0.3) is 0 Å². The SMILES string of the molecule is Cc1cc2nc(CCCCCCc3ccccc3)[nH]c2cc1C. The van der Waals surface area contributed by atoms with Crippen molar-refractivity contribution in [2.45, 2.75) is 52.4 Å². The summed E-state index contributed by atoms with van der Waals surface area (Å²) in [6, 6.07) is 15.2. The second-order valence-electron chi connectivity index (χ2n) is 6.54. The van der Waals surface area contributed by atoms with E-state index in [4.69, 9.17) is 4.98 Å². The highest BCUT2D eigenvalue weighted by Crippen LogP contribution is 2.18. The Hall–Kier alpha value is -2.09.